The fourth-order valence-corrected chi connectivity index (χ4v) is 3.36. The van der Waals surface area contributed by atoms with Crippen LogP contribution in [0.5, 0.6) is 0 Å². The number of carbonyl (C=O) groups excluding carboxylic acids is 1. The van der Waals surface area contributed by atoms with Crippen LogP contribution in [0.15, 0.2) is 78.0 Å². The maximum absolute atomic E-state index is 12.8. The van der Waals surface area contributed by atoms with Crippen molar-refractivity contribution in [3.63, 3.8) is 0 Å². The van der Waals surface area contributed by atoms with Crippen LogP contribution in [0.2, 0.25) is 0 Å². The van der Waals surface area contributed by atoms with Crippen molar-refractivity contribution in [2.45, 2.75) is 19.0 Å². The highest BCUT2D eigenvalue weighted by atomic mass is 16.2. The van der Waals surface area contributed by atoms with Gasteiger partial charge in [-0.3, -0.25) is 18.8 Å². The summed E-state index contributed by atoms with van der Waals surface area (Å²) in [5.41, 5.74) is 2.35. The van der Waals surface area contributed by atoms with Gasteiger partial charge in [-0.1, -0.05) is 60.7 Å². The van der Waals surface area contributed by atoms with Gasteiger partial charge in [0.15, 0.2) is 5.65 Å². The minimum absolute atomic E-state index is 0.102. The molecule has 1 amide bonds. The smallest absolute Gasteiger partial charge is 0.264 e. The first-order valence-electron chi connectivity index (χ1n) is 9.37. The van der Waals surface area contributed by atoms with Crippen molar-refractivity contribution in [3.05, 3.63) is 94.7 Å². The third kappa shape index (κ3) is 4.08. The van der Waals surface area contributed by atoms with Gasteiger partial charge in [-0.05, 0) is 17.5 Å². The van der Waals surface area contributed by atoms with E-state index < -0.39 is 0 Å². The lowest BCUT2D eigenvalue weighted by Gasteiger charge is -2.20. The number of nitrogens with zero attached hydrogens (tertiary/aromatic N) is 4. The minimum atomic E-state index is -0.280. The van der Waals surface area contributed by atoms with Gasteiger partial charge in [-0.15, -0.1) is 0 Å². The lowest BCUT2D eigenvalue weighted by molar-refractivity contribution is -0.122. The van der Waals surface area contributed by atoms with Crippen molar-refractivity contribution in [2.24, 2.45) is 7.05 Å². The number of hydrogen-bond donors (Lipinski definition) is 1. The molecule has 0 aliphatic carbocycles. The zero-order chi connectivity index (χ0) is 20.2. The number of nitrogens with one attached hydrogen (secondary N) is 1. The molecule has 29 heavy (non-hydrogen) atoms. The van der Waals surface area contributed by atoms with Crippen molar-refractivity contribution in [3.8, 4) is 0 Å². The summed E-state index contributed by atoms with van der Waals surface area (Å²) >= 11 is 0. The molecule has 1 N–H and O–H groups in total. The Morgan fingerprint density at radius 2 is 1.76 bits per heavy atom. The normalized spacial score (nSPS) is 12.0. The maximum atomic E-state index is 12.8. The number of rotatable bonds is 6. The van der Waals surface area contributed by atoms with Crippen LogP contribution >= 0.6 is 0 Å². The third-order valence-electron chi connectivity index (χ3n) is 4.85. The quantitative estimate of drug-likeness (QED) is 0.550. The number of fused-ring (bicyclic) bond motifs is 1. The molecule has 0 saturated carbocycles. The molecule has 146 valence electrons. The molecule has 0 fully saturated rings. The summed E-state index contributed by atoms with van der Waals surface area (Å²) in [5, 5.41) is 7.51. The molecular weight excluding hydrogens is 366 g/mol. The number of amides is 1. The highest BCUT2D eigenvalue weighted by Crippen LogP contribution is 2.18. The van der Waals surface area contributed by atoms with Crippen LogP contribution in [0.4, 0.5) is 0 Å². The van der Waals surface area contributed by atoms with E-state index in [0.717, 1.165) is 11.1 Å². The summed E-state index contributed by atoms with van der Waals surface area (Å²) in [4.78, 5) is 29.6. The SMILES string of the molecule is Cn1ncc2c(=O)n(CC(=O)N[C@H](Cc3ccccc3)c3ccccc3)cnc21. The molecule has 0 spiro atoms. The first-order valence-corrected chi connectivity index (χ1v) is 9.37. The molecule has 0 unspecified atom stereocenters. The predicted octanol–water partition coefficient (Wildman–Crippen LogP) is 2.23. The van der Waals surface area contributed by atoms with Gasteiger partial charge >= 0.3 is 0 Å². The topological polar surface area (TPSA) is 81.8 Å². The zero-order valence-electron chi connectivity index (χ0n) is 16.0. The Morgan fingerprint density at radius 1 is 1.07 bits per heavy atom. The summed E-state index contributed by atoms with van der Waals surface area (Å²) in [5.74, 6) is -0.248. The highest BCUT2D eigenvalue weighted by Gasteiger charge is 2.17. The number of carbonyl (C=O) groups is 1. The number of hydrogen-bond acceptors (Lipinski definition) is 4. The van der Waals surface area contributed by atoms with E-state index in [9.17, 15) is 9.59 Å². The Morgan fingerprint density at radius 3 is 2.48 bits per heavy atom. The summed E-state index contributed by atoms with van der Waals surface area (Å²) in [6, 6.07) is 19.6. The Kier molecular flexibility index (Phi) is 5.20. The standard InChI is InChI=1S/C22H21N5O2/c1-26-21-18(13-24-26)22(29)27(15-23-21)14-20(28)25-19(17-10-6-3-7-11-17)12-16-8-4-2-5-9-16/h2-11,13,15,19H,12,14H2,1H3,(H,25,28)/t19-/m1/s1. The first-order chi connectivity index (χ1) is 14.1. The molecule has 0 radical (unpaired) electrons. The van der Waals surface area contributed by atoms with E-state index in [-0.39, 0.29) is 24.1 Å². The second kappa shape index (κ2) is 8.10. The van der Waals surface area contributed by atoms with Gasteiger partial charge in [-0.25, -0.2) is 4.98 Å². The van der Waals surface area contributed by atoms with Crippen LogP contribution in [0.25, 0.3) is 11.0 Å². The Bertz CT molecular complexity index is 1180. The number of aryl methyl sites for hydroxylation is 1. The maximum Gasteiger partial charge on any atom is 0.264 e. The van der Waals surface area contributed by atoms with Crippen molar-refractivity contribution in [1.82, 2.24) is 24.6 Å². The fourth-order valence-electron chi connectivity index (χ4n) is 3.36. The van der Waals surface area contributed by atoms with Gasteiger partial charge in [0.2, 0.25) is 5.91 Å². The first kappa shape index (κ1) is 18.6. The summed E-state index contributed by atoms with van der Waals surface area (Å²) in [6.45, 7) is -0.102. The van der Waals surface area contributed by atoms with E-state index in [2.05, 4.69) is 15.4 Å². The molecular formula is C22H21N5O2. The van der Waals surface area contributed by atoms with Gasteiger partial charge in [0.05, 0.1) is 12.2 Å². The molecule has 2 aromatic carbocycles. The summed E-state index contributed by atoms with van der Waals surface area (Å²) in [7, 11) is 1.72. The average molecular weight is 387 g/mol. The van der Waals surface area contributed by atoms with E-state index in [0.29, 0.717) is 17.5 Å². The van der Waals surface area contributed by atoms with E-state index in [1.165, 1.54) is 21.8 Å². The molecule has 1 atom stereocenters. The second-order valence-electron chi connectivity index (χ2n) is 6.90. The lowest BCUT2D eigenvalue weighted by atomic mass is 9.99. The molecule has 4 aromatic rings. The molecule has 0 aliphatic rings. The monoisotopic (exact) mass is 387 g/mol. The number of aromatic nitrogens is 4. The van der Waals surface area contributed by atoms with E-state index in [1.54, 1.807) is 7.05 Å². The van der Waals surface area contributed by atoms with E-state index in [4.69, 9.17) is 0 Å². The molecule has 7 heteroatoms. The molecule has 0 bridgehead atoms. The van der Waals surface area contributed by atoms with Crippen LogP contribution in [0, 0.1) is 0 Å². The van der Waals surface area contributed by atoms with Gasteiger partial charge in [0.25, 0.3) is 5.56 Å². The van der Waals surface area contributed by atoms with Crippen LogP contribution in [0.1, 0.15) is 17.2 Å². The molecule has 4 rings (SSSR count). The Labute approximate surface area is 167 Å². The second-order valence-corrected chi connectivity index (χ2v) is 6.90. The predicted molar refractivity (Wildman–Crippen MR) is 110 cm³/mol. The molecule has 2 aromatic heterocycles. The average Bonchev–Trinajstić information content (AvgIpc) is 3.12. The fraction of sp³-hybridized carbons (Fsp3) is 0.182. The van der Waals surface area contributed by atoms with Crippen LogP contribution < -0.4 is 10.9 Å². The van der Waals surface area contributed by atoms with Crippen molar-refractivity contribution in [2.75, 3.05) is 0 Å². The van der Waals surface area contributed by atoms with E-state index in [1.807, 2.05) is 60.7 Å². The van der Waals surface area contributed by atoms with Crippen molar-refractivity contribution >= 4 is 16.9 Å². The minimum Gasteiger partial charge on any atom is -0.347 e. The number of benzene rings is 2. The molecule has 0 saturated heterocycles. The van der Waals surface area contributed by atoms with Crippen LogP contribution in [0.3, 0.4) is 0 Å². The summed E-state index contributed by atoms with van der Waals surface area (Å²) < 4.78 is 2.84. The van der Waals surface area contributed by atoms with Crippen LogP contribution in [-0.4, -0.2) is 25.2 Å². The lowest BCUT2D eigenvalue weighted by Crippen LogP contribution is -2.35. The van der Waals surface area contributed by atoms with E-state index >= 15 is 0 Å². The van der Waals surface area contributed by atoms with Crippen molar-refractivity contribution in [1.29, 1.82) is 0 Å². The third-order valence-corrected chi connectivity index (χ3v) is 4.85. The largest absolute Gasteiger partial charge is 0.347 e. The molecule has 0 aliphatic heterocycles. The van der Waals surface area contributed by atoms with Gasteiger partial charge in [0.1, 0.15) is 18.3 Å². The van der Waals surface area contributed by atoms with Crippen LogP contribution in [-0.2, 0) is 24.8 Å². The molecule has 7 nitrogen and oxygen atoms in total. The Hall–Kier alpha value is -3.74. The summed E-state index contributed by atoms with van der Waals surface area (Å²) in [6.07, 6.45) is 3.52. The van der Waals surface area contributed by atoms with Gasteiger partial charge in [-0.2, -0.15) is 5.10 Å². The Balaban J connectivity index is 1.55. The zero-order valence-corrected chi connectivity index (χ0v) is 16.0. The van der Waals surface area contributed by atoms with Crippen molar-refractivity contribution < 1.29 is 4.79 Å². The highest BCUT2D eigenvalue weighted by molar-refractivity contribution is 5.77. The van der Waals surface area contributed by atoms with Gasteiger partial charge in [0, 0.05) is 7.05 Å². The van der Waals surface area contributed by atoms with Gasteiger partial charge < -0.3 is 5.32 Å². The molecule has 2 heterocycles.